The topological polar surface area (TPSA) is 52.6 Å². The van der Waals surface area contributed by atoms with E-state index in [1.807, 2.05) is 6.92 Å². The second-order valence-corrected chi connectivity index (χ2v) is 6.21. The molecule has 4 heteroatoms. The molecule has 0 N–H and O–H groups in total. The first-order valence-electron chi connectivity index (χ1n) is 7.76. The first kappa shape index (κ1) is 17.0. The third kappa shape index (κ3) is 3.53. The highest BCUT2D eigenvalue weighted by atomic mass is 16.6. The summed E-state index contributed by atoms with van der Waals surface area (Å²) in [5.74, 6) is -0.773. The van der Waals surface area contributed by atoms with Crippen LogP contribution in [0, 0.1) is 11.3 Å². The fourth-order valence-corrected chi connectivity index (χ4v) is 3.05. The van der Waals surface area contributed by atoms with E-state index in [0.717, 1.165) is 25.7 Å². The maximum atomic E-state index is 12.6. The van der Waals surface area contributed by atoms with Gasteiger partial charge >= 0.3 is 11.9 Å². The number of hydrogen-bond donors (Lipinski definition) is 0. The summed E-state index contributed by atoms with van der Waals surface area (Å²) in [6.45, 7) is 9.10. The molecule has 0 radical (unpaired) electrons. The van der Waals surface area contributed by atoms with Gasteiger partial charge in [-0.15, -0.1) is 0 Å². The number of carbonyl (C=O) groups is 2. The van der Waals surface area contributed by atoms with Crippen LogP contribution in [0.2, 0.25) is 0 Å². The molecule has 1 saturated carbocycles. The van der Waals surface area contributed by atoms with Crippen molar-refractivity contribution in [3.05, 3.63) is 0 Å². The Hall–Kier alpha value is -1.06. The molecule has 0 aromatic carbocycles. The average molecular weight is 284 g/mol. The van der Waals surface area contributed by atoms with Gasteiger partial charge in [0.15, 0.2) is 5.41 Å². The number of hydrogen-bond acceptors (Lipinski definition) is 4. The molecular weight excluding hydrogens is 256 g/mol. The molecule has 0 aromatic rings. The Bertz CT molecular complexity index is 318. The number of ether oxygens (including phenoxy) is 2. The Labute approximate surface area is 122 Å². The van der Waals surface area contributed by atoms with E-state index in [-0.39, 0.29) is 18.1 Å². The Morgan fingerprint density at radius 3 is 1.70 bits per heavy atom. The maximum absolute atomic E-state index is 12.6. The minimum absolute atomic E-state index is 0.0463. The lowest BCUT2D eigenvalue weighted by Crippen LogP contribution is -2.48. The fraction of sp³-hybridized carbons (Fsp3) is 0.875. The largest absolute Gasteiger partial charge is 0.462 e. The highest BCUT2D eigenvalue weighted by Crippen LogP contribution is 2.44. The summed E-state index contributed by atoms with van der Waals surface area (Å²) in [6, 6.07) is 0. The minimum Gasteiger partial charge on any atom is -0.462 e. The van der Waals surface area contributed by atoms with Gasteiger partial charge < -0.3 is 9.47 Å². The molecule has 0 aromatic heterocycles. The summed E-state index contributed by atoms with van der Waals surface area (Å²) >= 11 is 0. The molecule has 20 heavy (non-hydrogen) atoms. The summed E-state index contributed by atoms with van der Waals surface area (Å²) in [5, 5.41) is 0. The summed E-state index contributed by atoms with van der Waals surface area (Å²) in [7, 11) is 0. The molecule has 0 heterocycles. The normalized spacial score (nSPS) is 16.8. The molecule has 0 atom stereocenters. The van der Waals surface area contributed by atoms with Gasteiger partial charge in [0.25, 0.3) is 0 Å². The summed E-state index contributed by atoms with van der Waals surface area (Å²) in [6.07, 6.45) is 3.92. The second-order valence-electron chi connectivity index (χ2n) is 6.21. The summed E-state index contributed by atoms with van der Waals surface area (Å²) < 4.78 is 10.8. The summed E-state index contributed by atoms with van der Waals surface area (Å²) in [5.41, 5.74) is -1.12. The highest BCUT2D eigenvalue weighted by molar-refractivity contribution is 6.00. The molecule has 116 valence electrons. The van der Waals surface area contributed by atoms with Gasteiger partial charge in [-0.05, 0) is 52.9 Å². The first-order valence-corrected chi connectivity index (χ1v) is 7.76. The zero-order chi connectivity index (χ0) is 15.3. The van der Waals surface area contributed by atoms with Crippen molar-refractivity contribution >= 4 is 11.9 Å². The van der Waals surface area contributed by atoms with Gasteiger partial charge in [-0.3, -0.25) is 9.59 Å². The monoisotopic (exact) mass is 284 g/mol. The third-order valence-electron chi connectivity index (χ3n) is 4.02. The van der Waals surface area contributed by atoms with Crippen molar-refractivity contribution in [3.63, 3.8) is 0 Å². The van der Waals surface area contributed by atoms with E-state index >= 15 is 0 Å². The van der Waals surface area contributed by atoms with E-state index in [0.29, 0.717) is 6.42 Å². The SMILES string of the molecule is CCC(C(=O)OC(C)C)(C(=O)OC(C)C)C1CCCC1. The summed E-state index contributed by atoms with van der Waals surface area (Å²) in [4.78, 5) is 25.2. The molecule has 1 aliphatic rings. The Morgan fingerprint density at radius 2 is 1.40 bits per heavy atom. The lowest BCUT2D eigenvalue weighted by Gasteiger charge is -2.34. The van der Waals surface area contributed by atoms with Gasteiger partial charge in [-0.2, -0.15) is 0 Å². The lowest BCUT2D eigenvalue weighted by molar-refractivity contribution is -0.182. The Kier molecular flexibility index (Phi) is 6.03. The molecule has 1 rings (SSSR count). The van der Waals surface area contributed by atoms with Gasteiger partial charge in [-0.1, -0.05) is 19.8 Å². The zero-order valence-corrected chi connectivity index (χ0v) is 13.4. The van der Waals surface area contributed by atoms with Crippen molar-refractivity contribution in [2.24, 2.45) is 11.3 Å². The predicted molar refractivity (Wildman–Crippen MR) is 77.1 cm³/mol. The van der Waals surface area contributed by atoms with Crippen LogP contribution in [0.15, 0.2) is 0 Å². The Morgan fingerprint density at radius 1 is 1.00 bits per heavy atom. The lowest BCUT2D eigenvalue weighted by atomic mass is 9.72. The van der Waals surface area contributed by atoms with Crippen LogP contribution in [0.3, 0.4) is 0 Å². The molecule has 1 aliphatic carbocycles. The standard InChI is InChI=1S/C16H28O4/c1-6-16(13-9-7-8-10-13,14(17)19-11(2)3)15(18)20-12(4)5/h11-13H,6-10H2,1-5H3. The van der Waals surface area contributed by atoms with Crippen molar-refractivity contribution in [2.75, 3.05) is 0 Å². The number of esters is 2. The molecule has 0 spiro atoms. The van der Waals surface area contributed by atoms with Crippen LogP contribution in [0.25, 0.3) is 0 Å². The Balaban J connectivity index is 3.07. The van der Waals surface area contributed by atoms with E-state index in [1.165, 1.54) is 0 Å². The maximum Gasteiger partial charge on any atom is 0.324 e. The van der Waals surface area contributed by atoms with Gasteiger partial charge in [0, 0.05) is 0 Å². The van der Waals surface area contributed by atoms with Crippen LogP contribution in [-0.4, -0.2) is 24.1 Å². The fourth-order valence-electron chi connectivity index (χ4n) is 3.05. The molecule has 0 saturated heterocycles. The smallest absolute Gasteiger partial charge is 0.324 e. The van der Waals surface area contributed by atoms with Gasteiger partial charge in [0.1, 0.15) is 0 Å². The molecule has 0 aliphatic heterocycles. The zero-order valence-electron chi connectivity index (χ0n) is 13.4. The third-order valence-corrected chi connectivity index (χ3v) is 4.02. The number of rotatable bonds is 6. The van der Waals surface area contributed by atoms with E-state index in [2.05, 4.69) is 0 Å². The van der Waals surface area contributed by atoms with Crippen LogP contribution < -0.4 is 0 Å². The average Bonchev–Trinajstić information content (AvgIpc) is 2.82. The van der Waals surface area contributed by atoms with Crippen LogP contribution >= 0.6 is 0 Å². The van der Waals surface area contributed by atoms with Crippen LogP contribution in [0.4, 0.5) is 0 Å². The van der Waals surface area contributed by atoms with Gasteiger partial charge in [0.2, 0.25) is 0 Å². The van der Waals surface area contributed by atoms with Crippen LogP contribution in [0.1, 0.15) is 66.7 Å². The highest BCUT2D eigenvalue weighted by Gasteiger charge is 2.54. The van der Waals surface area contributed by atoms with Crippen molar-refractivity contribution in [1.82, 2.24) is 0 Å². The quantitative estimate of drug-likeness (QED) is 0.553. The predicted octanol–water partition coefficient (Wildman–Crippen LogP) is 3.48. The van der Waals surface area contributed by atoms with Crippen molar-refractivity contribution < 1.29 is 19.1 Å². The molecule has 0 amide bonds. The van der Waals surface area contributed by atoms with E-state index < -0.39 is 17.4 Å². The van der Waals surface area contributed by atoms with E-state index in [4.69, 9.17) is 9.47 Å². The van der Waals surface area contributed by atoms with E-state index in [9.17, 15) is 9.59 Å². The molecule has 4 nitrogen and oxygen atoms in total. The first-order chi connectivity index (χ1) is 9.34. The molecular formula is C16H28O4. The molecule has 0 bridgehead atoms. The number of carbonyl (C=O) groups excluding carboxylic acids is 2. The van der Waals surface area contributed by atoms with E-state index in [1.54, 1.807) is 27.7 Å². The van der Waals surface area contributed by atoms with Crippen molar-refractivity contribution in [3.8, 4) is 0 Å². The van der Waals surface area contributed by atoms with Gasteiger partial charge in [-0.25, -0.2) is 0 Å². The van der Waals surface area contributed by atoms with Crippen molar-refractivity contribution in [1.29, 1.82) is 0 Å². The van der Waals surface area contributed by atoms with Crippen LogP contribution in [0.5, 0.6) is 0 Å². The second kappa shape index (κ2) is 7.09. The van der Waals surface area contributed by atoms with Crippen LogP contribution in [-0.2, 0) is 19.1 Å². The molecule has 1 fully saturated rings. The van der Waals surface area contributed by atoms with Crippen molar-refractivity contribution in [2.45, 2.75) is 78.9 Å². The molecule has 0 unspecified atom stereocenters. The van der Waals surface area contributed by atoms with Gasteiger partial charge in [0.05, 0.1) is 12.2 Å². The minimum atomic E-state index is -1.12.